The zero-order valence-electron chi connectivity index (χ0n) is 16.4. The fourth-order valence-electron chi connectivity index (χ4n) is 3.03. The zero-order chi connectivity index (χ0) is 19.2. The van der Waals surface area contributed by atoms with Crippen LogP contribution in [0.5, 0.6) is 11.5 Å². The van der Waals surface area contributed by atoms with Crippen LogP contribution in [0.15, 0.2) is 28.1 Å². The van der Waals surface area contributed by atoms with Crippen molar-refractivity contribution in [3.63, 3.8) is 0 Å². The number of rotatable bonds is 6. The molecule has 1 saturated heterocycles. The van der Waals surface area contributed by atoms with E-state index in [9.17, 15) is 4.79 Å². The second-order valence-electron chi connectivity index (χ2n) is 7.20. The standard InChI is InChI=1S/C21H28N2O3S/c1-4-25-18-12-16(8-9-17(18)26-14-15(2)3)13-19-20(24)22-21(27-19)23-10-6-5-7-11-23/h8-9,12-13,15H,4-7,10-11,14H2,1-3H3/b19-13-. The van der Waals surface area contributed by atoms with Gasteiger partial charge in [-0.15, -0.1) is 0 Å². The SMILES string of the molecule is CCOc1cc(/C=C2\SC(N3CCCCC3)=NC2=O)ccc1OCC(C)C. The molecule has 6 heteroatoms. The van der Waals surface area contributed by atoms with Crippen molar-refractivity contribution in [1.82, 2.24) is 4.90 Å². The van der Waals surface area contributed by atoms with Gasteiger partial charge in [-0.3, -0.25) is 4.79 Å². The van der Waals surface area contributed by atoms with Crippen LogP contribution in [0.1, 0.15) is 45.6 Å². The number of amides is 1. The third kappa shape index (κ3) is 5.28. The van der Waals surface area contributed by atoms with Crippen molar-refractivity contribution in [2.45, 2.75) is 40.0 Å². The highest BCUT2D eigenvalue weighted by Crippen LogP contribution is 2.34. The van der Waals surface area contributed by atoms with Crippen molar-refractivity contribution in [2.75, 3.05) is 26.3 Å². The second kappa shape index (κ2) is 9.31. The van der Waals surface area contributed by atoms with Crippen LogP contribution < -0.4 is 9.47 Å². The molecule has 2 aliphatic rings. The molecule has 0 radical (unpaired) electrons. The van der Waals surface area contributed by atoms with E-state index in [0.717, 1.165) is 29.6 Å². The highest BCUT2D eigenvalue weighted by Gasteiger charge is 2.27. The van der Waals surface area contributed by atoms with Crippen LogP contribution in [0.4, 0.5) is 0 Å². The monoisotopic (exact) mass is 388 g/mol. The summed E-state index contributed by atoms with van der Waals surface area (Å²) < 4.78 is 11.6. The number of aliphatic imine (C=N–C) groups is 1. The van der Waals surface area contributed by atoms with Gasteiger partial charge in [-0.05, 0) is 67.6 Å². The minimum atomic E-state index is -0.154. The fraction of sp³-hybridized carbons (Fsp3) is 0.524. The first-order chi connectivity index (χ1) is 13.1. The Labute approximate surface area is 165 Å². The Morgan fingerprint density at radius 3 is 2.67 bits per heavy atom. The lowest BCUT2D eigenvalue weighted by atomic mass is 10.1. The third-order valence-corrected chi connectivity index (χ3v) is 5.42. The van der Waals surface area contributed by atoms with Crippen molar-refractivity contribution in [2.24, 2.45) is 10.9 Å². The van der Waals surface area contributed by atoms with Crippen molar-refractivity contribution in [3.05, 3.63) is 28.7 Å². The number of benzene rings is 1. The number of hydrogen-bond donors (Lipinski definition) is 0. The quantitative estimate of drug-likeness (QED) is 0.668. The lowest BCUT2D eigenvalue weighted by molar-refractivity contribution is -0.113. The molecule has 5 nitrogen and oxygen atoms in total. The molecule has 2 heterocycles. The molecule has 2 aliphatic heterocycles. The molecule has 3 rings (SSSR count). The number of amidine groups is 1. The number of carbonyl (C=O) groups excluding carboxylic acids is 1. The fourth-order valence-corrected chi connectivity index (χ4v) is 3.99. The Balaban J connectivity index is 1.74. The zero-order valence-corrected chi connectivity index (χ0v) is 17.2. The van der Waals surface area contributed by atoms with E-state index in [1.165, 1.54) is 31.0 Å². The van der Waals surface area contributed by atoms with Crippen LogP contribution in [0.2, 0.25) is 0 Å². The van der Waals surface area contributed by atoms with E-state index in [0.29, 0.717) is 29.8 Å². The molecule has 146 valence electrons. The lowest BCUT2D eigenvalue weighted by Crippen LogP contribution is -2.33. The van der Waals surface area contributed by atoms with Gasteiger partial charge in [0.25, 0.3) is 5.91 Å². The topological polar surface area (TPSA) is 51.1 Å². The molecule has 1 fully saturated rings. The first-order valence-electron chi connectivity index (χ1n) is 9.74. The van der Waals surface area contributed by atoms with Crippen LogP contribution in [-0.2, 0) is 4.79 Å². The number of carbonyl (C=O) groups is 1. The van der Waals surface area contributed by atoms with Crippen LogP contribution in [-0.4, -0.2) is 42.3 Å². The van der Waals surface area contributed by atoms with E-state index in [4.69, 9.17) is 9.47 Å². The maximum Gasteiger partial charge on any atom is 0.286 e. The molecule has 1 aromatic carbocycles. The number of likely N-dealkylation sites (tertiary alicyclic amines) is 1. The summed E-state index contributed by atoms with van der Waals surface area (Å²) in [5.74, 6) is 1.74. The summed E-state index contributed by atoms with van der Waals surface area (Å²) in [5.41, 5.74) is 0.918. The van der Waals surface area contributed by atoms with Crippen LogP contribution in [0.25, 0.3) is 6.08 Å². The summed E-state index contributed by atoms with van der Waals surface area (Å²) in [6.45, 7) is 9.36. The van der Waals surface area contributed by atoms with E-state index < -0.39 is 0 Å². The summed E-state index contributed by atoms with van der Waals surface area (Å²) >= 11 is 1.47. The number of hydrogen-bond acceptors (Lipinski definition) is 5. The van der Waals surface area contributed by atoms with Gasteiger partial charge < -0.3 is 14.4 Å². The summed E-state index contributed by atoms with van der Waals surface area (Å²) in [6.07, 6.45) is 5.49. The smallest absolute Gasteiger partial charge is 0.286 e. The summed E-state index contributed by atoms with van der Waals surface area (Å²) in [7, 11) is 0. The number of piperidine rings is 1. The first kappa shape index (κ1) is 19.8. The molecule has 0 N–H and O–H groups in total. The predicted octanol–water partition coefficient (Wildman–Crippen LogP) is 4.58. The molecule has 0 saturated carbocycles. The molecule has 0 aliphatic carbocycles. The van der Waals surface area contributed by atoms with Gasteiger partial charge >= 0.3 is 0 Å². The normalized spacial score (nSPS) is 19.0. The summed E-state index contributed by atoms with van der Waals surface area (Å²) in [5, 5.41) is 0.841. The van der Waals surface area contributed by atoms with Crippen LogP contribution >= 0.6 is 11.8 Å². The molecule has 1 aromatic rings. The number of thioether (sulfide) groups is 1. The Bertz CT molecular complexity index is 737. The highest BCUT2D eigenvalue weighted by atomic mass is 32.2. The molecule has 0 unspecified atom stereocenters. The molecular formula is C21H28N2O3S. The van der Waals surface area contributed by atoms with Crippen molar-refractivity contribution >= 4 is 28.9 Å². The maximum absolute atomic E-state index is 12.3. The van der Waals surface area contributed by atoms with Gasteiger partial charge in [0.15, 0.2) is 16.7 Å². The van der Waals surface area contributed by atoms with Gasteiger partial charge in [0, 0.05) is 13.1 Å². The Kier molecular flexibility index (Phi) is 6.83. The van der Waals surface area contributed by atoms with Crippen LogP contribution in [0, 0.1) is 5.92 Å². The largest absolute Gasteiger partial charge is 0.490 e. The highest BCUT2D eigenvalue weighted by molar-refractivity contribution is 8.18. The summed E-state index contributed by atoms with van der Waals surface area (Å²) in [6, 6.07) is 5.80. The lowest BCUT2D eigenvalue weighted by Gasteiger charge is -2.27. The molecular weight excluding hydrogens is 360 g/mol. The van der Waals surface area contributed by atoms with E-state index in [1.807, 2.05) is 31.2 Å². The van der Waals surface area contributed by atoms with Gasteiger partial charge in [0.1, 0.15) is 0 Å². The predicted molar refractivity (Wildman–Crippen MR) is 111 cm³/mol. The average Bonchev–Trinajstić information content (AvgIpc) is 3.02. The van der Waals surface area contributed by atoms with Crippen molar-refractivity contribution in [1.29, 1.82) is 0 Å². The summed E-state index contributed by atoms with van der Waals surface area (Å²) in [4.78, 5) is 19.5. The number of ether oxygens (including phenoxy) is 2. The van der Waals surface area contributed by atoms with Gasteiger partial charge in [0.05, 0.1) is 18.1 Å². The molecule has 1 amide bonds. The maximum atomic E-state index is 12.3. The van der Waals surface area contributed by atoms with Crippen molar-refractivity contribution < 1.29 is 14.3 Å². The van der Waals surface area contributed by atoms with Gasteiger partial charge in [-0.25, -0.2) is 0 Å². The van der Waals surface area contributed by atoms with Gasteiger partial charge in [0.2, 0.25) is 0 Å². The van der Waals surface area contributed by atoms with Crippen molar-refractivity contribution in [3.8, 4) is 11.5 Å². The molecule has 0 aromatic heterocycles. The Morgan fingerprint density at radius 1 is 1.19 bits per heavy atom. The minimum absolute atomic E-state index is 0.154. The average molecular weight is 389 g/mol. The van der Waals surface area contributed by atoms with Gasteiger partial charge in [-0.1, -0.05) is 19.9 Å². The minimum Gasteiger partial charge on any atom is -0.490 e. The van der Waals surface area contributed by atoms with Gasteiger partial charge in [-0.2, -0.15) is 4.99 Å². The Morgan fingerprint density at radius 2 is 1.96 bits per heavy atom. The Hall–Kier alpha value is -1.95. The third-order valence-electron chi connectivity index (χ3n) is 4.37. The van der Waals surface area contributed by atoms with E-state index in [2.05, 4.69) is 23.7 Å². The first-order valence-corrected chi connectivity index (χ1v) is 10.6. The van der Waals surface area contributed by atoms with E-state index >= 15 is 0 Å². The molecule has 0 atom stereocenters. The van der Waals surface area contributed by atoms with E-state index in [-0.39, 0.29) is 5.91 Å². The number of nitrogens with zero attached hydrogens (tertiary/aromatic N) is 2. The molecule has 0 bridgehead atoms. The second-order valence-corrected chi connectivity index (χ2v) is 8.21. The molecule has 27 heavy (non-hydrogen) atoms. The molecule has 0 spiro atoms. The van der Waals surface area contributed by atoms with E-state index in [1.54, 1.807) is 0 Å². The van der Waals surface area contributed by atoms with Crippen LogP contribution in [0.3, 0.4) is 0 Å².